The normalized spacial score (nSPS) is 12.6. The molecule has 0 saturated heterocycles. The number of nitrogens with one attached hydrogen (secondary N) is 1. The molecular weight excluding hydrogens is 338 g/mol. The average Bonchev–Trinajstić information content (AvgIpc) is 2.81. The van der Waals surface area contributed by atoms with Crippen molar-refractivity contribution in [3.8, 4) is 0 Å². The first-order valence-corrected chi connectivity index (χ1v) is 7.93. The summed E-state index contributed by atoms with van der Waals surface area (Å²) in [6, 6.07) is 6.34. The largest absolute Gasteiger partial charge is 0.310 e. The third-order valence-electron chi connectivity index (χ3n) is 3.27. The van der Waals surface area contributed by atoms with Crippen molar-refractivity contribution in [3.63, 3.8) is 0 Å². The van der Waals surface area contributed by atoms with Gasteiger partial charge in [-0.3, -0.25) is 4.68 Å². The topological polar surface area (TPSA) is 29.9 Å². The van der Waals surface area contributed by atoms with E-state index in [4.69, 9.17) is 11.6 Å². The molecule has 2 rings (SSSR count). The van der Waals surface area contributed by atoms with Crippen molar-refractivity contribution in [3.05, 3.63) is 51.2 Å². The third-order valence-corrected chi connectivity index (χ3v) is 4.09. The quantitative estimate of drug-likeness (QED) is 0.844. The fourth-order valence-electron chi connectivity index (χ4n) is 2.31. The summed E-state index contributed by atoms with van der Waals surface area (Å²) in [7, 11) is 1.94. The standard InChI is InChI=1S/C15H19BrClN3/c1-3-18-15(7-4-11-9-19-20(2)10-11)13-6-5-12(16)8-14(13)17/h5-6,8-10,15,18H,3-4,7H2,1-2H3. The first-order chi connectivity index (χ1) is 9.60. The maximum absolute atomic E-state index is 6.36. The summed E-state index contributed by atoms with van der Waals surface area (Å²) >= 11 is 9.81. The van der Waals surface area contributed by atoms with Crippen LogP contribution in [0, 0.1) is 0 Å². The van der Waals surface area contributed by atoms with Crippen molar-refractivity contribution in [1.29, 1.82) is 0 Å². The molecule has 5 heteroatoms. The van der Waals surface area contributed by atoms with Gasteiger partial charge in [-0.2, -0.15) is 5.10 Å². The minimum atomic E-state index is 0.265. The Kier molecular flexibility index (Phi) is 5.64. The summed E-state index contributed by atoms with van der Waals surface area (Å²) in [4.78, 5) is 0. The Morgan fingerprint density at radius 3 is 2.85 bits per heavy atom. The molecule has 3 nitrogen and oxygen atoms in total. The van der Waals surface area contributed by atoms with Crippen LogP contribution in [-0.4, -0.2) is 16.3 Å². The summed E-state index contributed by atoms with van der Waals surface area (Å²) in [6.07, 6.45) is 5.97. The molecule has 0 bridgehead atoms. The van der Waals surface area contributed by atoms with Gasteiger partial charge in [0.2, 0.25) is 0 Å². The van der Waals surface area contributed by atoms with E-state index in [-0.39, 0.29) is 6.04 Å². The van der Waals surface area contributed by atoms with Crippen LogP contribution in [0.5, 0.6) is 0 Å². The van der Waals surface area contributed by atoms with E-state index < -0.39 is 0 Å². The number of halogens is 2. The molecule has 0 fully saturated rings. The number of aromatic nitrogens is 2. The fourth-order valence-corrected chi connectivity index (χ4v) is 3.12. The Morgan fingerprint density at radius 2 is 2.25 bits per heavy atom. The van der Waals surface area contributed by atoms with Gasteiger partial charge in [0.15, 0.2) is 0 Å². The minimum Gasteiger partial charge on any atom is -0.310 e. The summed E-state index contributed by atoms with van der Waals surface area (Å²) in [6.45, 7) is 3.04. The van der Waals surface area contributed by atoms with Gasteiger partial charge in [-0.15, -0.1) is 0 Å². The lowest BCUT2D eigenvalue weighted by Gasteiger charge is -2.19. The van der Waals surface area contributed by atoms with Gasteiger partial charge in [-0.25, -0.2) is 0 Å². The van der Waals surface area contributed by atoms with E-state index in [1.807, 2.05) is 30.1 Å². The molecule has 0 aliphatic carbocycles. The van der Waals surface area contributed by atoms with Crippen LogP contribution in [0.25, 0.3) is 0 Å². The molecule has 1 N–H and O–H groups in total. The second kappa shape index (κ2) is 7.25. The van der Waals surface area contributed by atoms with Crippen LogP contribution in [-0.2, 0) is 13.5 Å². The highest BCUT2D eigenvalue weighted by Gasteiger charge is 2.14. The van der Waals surface area contributed by atoms with Gasteiger partial charge >= 0.3 is 0 Å². The van der Waals surface area contributed by atoms with E-state index >= 15 is 0 Å². The van der Waals surface area contributed by atoms with Gasteiger partial charge in [-0.1, -0.05) is 40.5 Å². The molecule has 1 aromatic heterocycles. The Morgan fingerprint density at radius 1 is 1.45 bits per heavy atom. The summed E-state index contributed by atoms with van der Waals surface area (Å²) in [5.74, 6) is 0. The molecule has 1 aromatic carbocycles. The molecule has 2 aromatic rings. The lowest BCUT2D eigenvalue weighted by atomic mass is 10.00. The van der Waals surface area contributed by atoms with Crippen molar-refractivity contribution in [1.82, 2.24) is 15.1 Å². The number of hydrogen-bond acceptors (Lipinski definition) is 2. The van der Waals surface area contributed by atoms with Crippen LogP contribution in [0.15, 0.2) is 35.1 Å². The van der Waals surface area contributed by atoms with Crippen molar-refractivity contribution in [2.45, 2.75) is 25.8 Å². The zero-order chi connectivity index (χ0) is 14.5. The predicted octanol–water partition coefficient (Wildman–Crippen LogP) is 4.12. The van der Waals surface area contributed by atoms with E-state index in [9.17, 15) is 0 Å². The van der Waals surface area contributed by atoms with Crippen molar-refractivity contribution in [2.75, 3.05) is 6.54 Å². The first-order valence-electron chi connectivity index (χ1n) is 6.76. The van der Waals surface area contributed by atoms with Gasteiger partial charge in [-0.05, 0) is 42.6 Å². The molecule has 0 amide bonds. The zero-order valence-electron chi connectivity index (χ0n) is 11.7. The Hall–Kier alpha value is -0.840. The Labute approximate surface area is 133 Å². The van der Waals surface area contributed by atoms with Gasteiger partial charge in [0, 0.05) is 28.8 Å². The van der Waals surface area contributed by atoms with Crippen LogP contribution in [0.4, 0.5) is 0 Å². The number of benzene rings is 1. The second-order valence-corrected chi connectivity index (χ2v) is 6.16. The molecule has 0 saturated carbocycles. The van der Waals surface area contributed by atoms with Gasteiger partial charge in [0.05, 0.1) is 6.20 Å². The van der Waals surface area contributed by atoms with Crippen LogP contribution >= 0.6 is 27.5 Å². The molecule has 0 aliphatic rings. The monoisotopic (exact) mass is 355 g/mol. The molecule has 1 atom stereocenters. The van der Waals surface area contributed by atoms with Gasteiger partial charge in [0.1, 0.15) is 0 Å². The summed E-state index contributed by atoms with van der Waals surface area (Å²) in [5.41, 5.74) is 2.41. The number of nitrogens with zero attached hydrogens (tertiary/aromatic N) is 2. The van der Waals surface area contributed by atoms with Crippen molar-refractivity contribution < 1.29 is 0 Å². The van der Waals surface area contributed by atoms with E-state index in [2.05, 4.69) is 45.5 Å². The predicted molar refractivity (Wildman–Crippen MR) is 87.1 cm³/mol. The maximum atomic E-state index is 6.36. The molecule has 0 aliphatic heterocycles. The molecule has 20 heavy (non-hydrogen) atoms. The van der Waals surface area contributed by atoms with Crippen LogP contribution in [0.2, 0.25) is 5.02 Å². The highest BCUT2D eigenvalue weighted by Crippen LogP contribution is 2.29. The lowest BCUT2D eigenvalue weighted by molar-refractivity contribution is 0.515. The summed E-state index contributed by atoms with van der Waals surface area (Å²) in [5, 5.41) is 8.52. The molecule has 1 heterocycles. The fraction of sp³-hybridized carbons (Fsp3) is 0.400. The van der Waals surface area contributed by atoms with Crippen molar-refractivity contribution in [2.24, 2.45) is 7.05 Å². The highest BCUT2D eigenvalue weighted by atomic mass is 79.9. The second-order valence-electron chi connectivity index (χ2n) is 4.84. The average molecular weight is 357 g/mol. The molecule has 108 valence electrons. The smallest absolute Gasteiger partial charge is 0.0521 e. The Balaban J connectivity index is 2.09. The number of aryl methyl sites for hydroxylation is 2. The summed E-state index contributed by atoms with van der Waals surface area (Å²) < 4.78 is 2.85. The number of hydrogen-bond donors (Lipinski definition) is 1. The van der Waals surface area contributed by atoms with Crippen LogP contribution < -0.4 is 5.32 Å². The van der Waals surface area contributed by atoms with E-state index in [0.717, 1.165) is 34.4 Å². The molecule has 0 radical (unpaired) electrons. The van der Waals surface area contributed by atoms with E-state index in [1.165, 1.54) is 5.56 Å². The molecular formula is C15H19BrClN3. The minimum absolute atomic E-state index is 0.265. The molecule has 1 unspecified atom stereocenters. The van der Waals surface area contributed by atoms with Gasteiger partial charge in [0.25, 0.3) is 0 Å². The lowest BCUT2D eigenvalue weighted by Crippen LogP contribution is -2.21. The van der Waals surface area contributed by atoms with E-state index in [1.54, 1.807) is 0 Å². The third kappa shape index (κ3) is 4.08. The zero-order valence-corrected chi connectivity index (χ0v) is 14.1. The first kappa shape index (κ1) is 15.5. The van der Waals surface area contributed by atoms with Crippen molar-refractivity contribution >= 4 is 27.5 Å². The number of rotatable bonds is 6. The van der Waals surface area contributed by atoms with Gasteiger partial charge < -0.3 is 5.32 Å². The van der Waals surface area contributed by atoms with E-state index in [0.29, 0.717) is 0 Å². The molecule has 0 spiro atoms. The van der Waals surface area contributed by atoms with Crippen LogP contribution in [0.1, 0.15) is 30.5 Å². The Bertz CT molecular complexity index is 568. The van der Waals surface area contributed by atoms with Crippen LogP contribution in [0.3, 0.4) is 0 Å². The highest BCUT2D eigenvalue weighted by molar-refractivity contribution is 9.10. The SMILES string of the molecule is CCNC(CCc1cnn(C)c1)c1ccc(Br)cc1Cl. The maximum Gasteiger partial charge on any atom is 0.0521 e.